The van der Waals surface area contributed by atoms with Crippen LogP contribution in [0.25, 0.3) is 0 Å². The molecule has 10 heteroatoms. The van der Waals surface area contributed by atoms with E-state index in [4.69, 9.17) is 9.11 Å². The number of piperazine rings is 1. The van der Waals surface area contributed by atoms with Gasteiger partial charge in [0.25, 0.3) is 5.69 Å². The summed E-state index contributed by atoms with van der Waals surface area (Å²) in [6, 6.07) is 13.2. The molecule has 2 aliphatic heterocycles. The maximum absolute atomic E-state index is 13.2. The minimum atomic E-state index is -0.495. The number of allylic oxidation sites excluding steroid dienone is 1. The van der Waals surface area contributed by atoms with Crippen LogP contribution in [-0.4, -0.2) is 59.5 Å². The number of ether oxygens (including phenoxy) is 1. The zero-order valence-corrected chi connectivity index (χ0v) is 24.2. The van der Waals surface area contributed by atoms with Crippen LogP contribution in [0.2, 0.25) is 0 Å². The molecule has 0 amide bonds. The topological polar surface area (TPSA) is 101 Å². The average Bonchev–Trinajstić information content (AvgIpc) is 3.35. The number of aromatic nitrogens is 1. The quantitative estimate of drug-likeness (QED) is 0.221. The van der Waals surface area contributed by atoms with Crippen molar-refractivity contribution in [2.24, 2.45) is 0 Å². The van der Waals surface area contributed by atoms with Gasteiger partial charge in [-0.2, -0.15) is 4.37 Å². The van der Waals surface area contributed by atoms with Crippen molar-refractivity contribution in [3.63, 3.8) is 0 Å². The van der Waals surface area contributed by atoms with E-state index in [1.165, 1.54) is 34.4 Å². The number of non-ortho nitro benzene ring substituents is 1. The van der Waals surface area contributed by atoms with Crippen LogP contribution in [0, 0.1) is 24.0 Å². The number of hydrogen-bond donors (Lipinski definition) is 1. The Morgan fingerprint density at radius 2 is 1.90 bits per heavy atom. The molecule has 2 aromatic carbocycles. The smallest absolute Gasteiger partial charge is 0.336 e. The number of nitrogens with one attached hydrogen (secondary N) is 1. The number of fused-ring (bicyclic) bond motifs is 1. The van der Waals surface area contributed by atoms with Crippen LogP contribution in [0.1, 0.15) is 47.7 Å². The SMILES string of the molecule is CCOC(=O)C1=C(C)Nc2snc(CCN3CCN(c4ccc(C)c(C)c4)CC3)c2C1c1cccc([N+](=O)[O-])c1. The molecule has 1 atom stereocenters. The summed E-state index contributed by atoms with van der Waals surface area (Å²) in [6.07, 6.45) is 0.720. The molecule has 210 valence electrons. The second-order valence-corrected chi connectivity index (χ2v) is 11.2. The number of benzene rings is 2. The zero-order valence-electron chi connectivity index (χ0n) is 23.4. The van der Waals surface area contributed by atoms with Crippen LogP contribution in [0.5, 0.6) is 0 Å². The summed E-state index contributed by atoms with van der Waals surface area (Å²) < 4.78 is 10.2. The lowest BCUT2D eigenvalue weighted by Gasteiger charge is -2.36. The van der Waals surface area contributed by atoms with Gasteiger partial charge in [0.2, 0.25) is 0 Å². The molecule has 0 aliphatic carbocycles. The molecular weight excluding hydrogens is 526 g/mol. The van der Waals surface area contributed by atoms with Crippen molar-refractivity contribution in [1.29, 1.82) is 0 Å². The fourth-order valence-electron chi connectivity index (χ4n) is 5.54. The highest BCUT2D eigenvalue weighted by Gasteiger charge is 2.37. The molecule has 1 fully saturated rings. The Morgan fingerprint density at radius 3 is 2.60 bits per heavy atom. The maximum Gasteiger partial charge on any atom is 0.336 e. The van der Waals surface area contributed by atoms with Gasteiger partial charge in [0, 0.05) is 74.1 Å². The fourth-order valence-corrected chi connectivity index (χ4v) is 6.47. The molecule has 0 radical (unpaired) electrons. The maximum atomic E-state index is 13.2. The lowest BCUT2D eigenvalue weighted by molar-refractivity contribution is -0.384. The number of carbonyl (C=O) groups is 1. The minimum absolute atomic E-state index is 0.00942. The van der Waals surface area contributed by atoms with Gasteiger partial charge >= 0.3 is 5.97 Å². The van der Waals surface area contributed by atoms with Crippen molar-refractivity contribution in [3.8, 4) is 0 Å². The van der Waals surface area contributed by atoms with Gasteiger partial charge in [-0.15, -0.1) is 0 Å². The molecule has 0 spiro atoms. The van der Waals surface area contributed by atoms with Crippen molar-refractivity contribution < 1.29 is 14.5 Å². The summed E-state index contributed by atoms with van der Waals surface area (Å²) in [4.78, 5) is 29.2. The number of nitro benzene ring substituents is 1. The summed E-state index contributed by atoms with van der Waals surface area (Å²) in [6.45, 7) is 12.8. The van der Waals surface area contributed by atoms with Crippen LogP contribution < -0.4 is 10.2 Å². The highest BCUT2D eigenvalue weighted by atomic mass is 32.1. The first-order valence-electron chi connectivity index (χ1n) is 13.7. The first-order chi connectivity index (χ1) is 19.3. The number of carbonyl (C=O) groups excluding carboxylic acids is 1. The summed E-state index contributed by atoms with van der Waals surface area (Å²) >= 11 is 1.37. The van der Waals surface area contributed by atoms with Gasteiger partial charge in [-0.25, -0.2) is 4.79 Å². The van der Waals surface area contributed by atoms with E-state index in [9.17, 15) is 14.9 Å². The predicted octanol–water partition coefficient (Wildman–Crippen LogP) is 5.43. The fraction of sp³-hybridized carbons (Fsp3) is 0.400. The molecule has 1 aromatic heterocycles. The van der Waals surface area contributed by atoms with Crippen LogP contribution in [0.3, 0.4) is 0 Å². The summed E-state index contributed by atoms with van der Waals surface area (Å²) in [5.74, 6) is -0.917. The Bertz CT molecular complexity index is 1460. The van der Waals surface area contributed by atoms with Gasteiger partial charge < -0.3 is 15.0 Å². The Labute approximate surface area is 238 Å². The third kappa shape index (κ3) is 5.59. The van der Waals surface area contributed by atoms with E-state index in [-0.39, 0.29) is 12.3 Å². The van der Waals surface area contributed by atoms with Gasteiger partial charge in [-0.3, -0.25) is 15.0 Å². The van der Waals surface area contributed by atoms with Crippen molar-refractivity contribution in [2.75, 3.05) is 49.5 Å². The molecule has 3 heterocycles. The van der Waals surface area contributed by atoms with Gasteiger partial charge in [-0.05, 0) is 68.1 Å². The van der Waals surface area contributed by atoms with Crippen molar-refractivity contribution in [3.05, 3.63) is 91.8 Å². The Hall–Kier alpha value is -3.76. The number of rotatable bonds is 8. The first kappa shape index (κ1) is 27.8. The number of hydrogen-bond acceptors (Lipinski definition) is 9. The highest BCUT2D eigenvalue weighted by Crippen LogP contribution is 2.46. The third-order valence-electron chi connectivity index (χ3n) is 7.89. The largest absolute Gasteiger partial charge is 0.463 e. The molecule has 2 aliphatic rings. The molecule has 40 heavy (non-hydrogen) atoms. The molecule has 3 aromatic rings. The van der Waals surface area contributed by atoms with Gasteiger partial charge in [-0.1, -0.05) is 18.2 Å². The molecule has 5 rings (SSSR count). The van der Waals surface area contributed by atoms with Gasteiger partial charge in [0.1, 0.15) is 5.00 Å². The van der Waals surface area contributed by atoms with Crippen LogP contribution in [-0.2, 0) is 16.0 Å². The van der Waals surface area contributed by atoms with Gasteiger partial charge in [0.05, 0.1) is 22.8 Å². The molecule has 1 unspecified atom stereocenters. The van der Waals surface area contributed by atoms with E-state index in [1.807, 2.05) is 13.0 Å². The highest BCUT2D eigenvalue weighted by molar-refractivity contribution is 7.10. The lowest BCUT2D eigenvalue weighted by atomic mass is 9.81. The number of esters is 1. The molecule has 1 saturated heterocycles. The Kier molecular flexibility index (Phi) is 8.18. The number of nitrogens with zero attached hydrogens (tertiary/aromatic N) is 4. The van der Waals surface area contributed by atoms with Crippen molar-refractivity contribution >= 4 is 33.9 Å². The second kappa shape index (κ2) is 11.8. The summed E-state index contributed by atoms with van der Waals surface area (Å²) in [5.41, 5.74) is 7.54. The first-order valence-corrected chi connectivity index (χ1v) is 14.5. The third-order valence-corrected chi connectivity index (χ3v) is 8.70. The molecule has 0 saturated carbocycles. The molecule has 1 N–H and O–H groups in total. The number of anilines is 2. The monoisotopic (exact) mass is 561 g/mol. The molecule has 9 nitrogen and oxygen atoms in total. The standard InChI is InChI=1S/C30H35N5O4S/c1-5-39-30(36)26-21(4)31-29-28(27(26)22-7-6-8-24(18-22)35(37)38)25(32-40-29)11-12-33-13-15-34(16-14-33)23-10-9-19(2)20(3)17-23/h6-10,17-18,27,31H,5,11-16H2,1-4H3. The lowest BCUT2D eigenvalue weighted by Crippen LogP contribution is -2.47. The molecule has 0 bridgehead atoms. The number of aryl methyl sites for hydroxylation is 2. The van der Waals surface area contributed by atoms with Crippen molar-refractivity contribution in [2.45, 2.75) is 40.0 Å². The summed E-state index contributed by atoms with van der Waals surface area (Å²) in [7, 11) is 0. The average molecular weight is 562 g/mol. The zero-order chi connectivity index (χ0) is 28.4. The van der Waals surface area contributed by atoms with E-state index in [1.54, 1.807) is 19.1 Å². The van der Waals surface area contributed by atoms with E-state index in [0.717, 1.165) is 55.4 Å². The van der Waals surface area contributed by atoms with Crippen LogP contribution >= 0.6 is 11.5 Å². The van der Waals surface area contributed by atoms with E-state index >= 15 is 0 Å². The van der Waals surface area contributed by atoms with E-state index in [0.29, 0.717) is 16.8 Å². The second-order valence-electron chi connectivity index (χ2n) is 10.4. The van der Waals surface area contributed by atoms with Crippen molar-refractivity contribution in [1.82, 2.24) is 9.27 Å². The van der Waals surface area contributed by atoms with Gasteiger partial charge in [0.15, 0.2) is 0 Å². The summed E-state index contributed by atoms with van der Waals surface area (Å²) in [5, 5.41) is 15.8. The van der Waals surface area contributed by atoms with Crippen LogP contribution in [0.15, 0.2) is 53.7 Å². The minimum Gasteiger partial charge on any atom is -0.463 e. The predicted molar refractivity (Wildman–Crippen MR) is 158 cm³/mol. The van der Waals surface area contributed by atoms with E-state index in [2.05, 4.69) is 47.2 Å². The molecular formula is C30H35N5O4S. The Balaban J connectivity index is 1.37. The van der Waals surface area contributed by atoms with E-state index < -0.39 is 16.8 Å². The normalized spacial score (nSPS) is 17.4. The number of nitro groups is 1. The van der Waals surface area contributed by atoms with Crippen LogP contribution in [0.4, 0.5) is 16.4 Å². The Morgan fingerprint density at radius 1 is 1.12 bits per heavy atom.